The molecule has 0 aliphatic heterocycles. The van der Waals surface area contributed by atoms with Crippen LogP contribution in [-0.4, -0.2) is 36.4 Å². The van der Waals surface area contributed by atoms with Crippen molar-refractivity contribution in [3.8, 4) is 11.4 Å². The Bertz CT molecular complexity index is 1100. The highest BCUT2D eigenvalue weighted by molar-refractivity contribution is 5.95. The van der Waals surface area contributed by atoms with Crippen molar-refractivity contribution in [2.75, 3.05) is 13.7 Å². The minimum atomic E-state index is -0.338. The lowest BCUT2D eigenvalue weighted by Crippen LogP contribution is -2.17. The third kappa shape index (κ3) is 5.01. The molecule has 1 heterocycles. The van der Waals surface area contributed by atoms with E-state index in [1.807, 2.05) is 32.0 Å². The number of rotatable bonds is 7. The molecule has 0 saturated carbocycles. The largest absolute Gasteiger partial charge is 0.497 e. The van der Waals surface area contributed by atoms with Gasteiger partial charge in [-0.3, -0.25) is 4.79 Å². The molecule has 0 unspecified atom stereocenters. The van der Waals surface area contributed by atoms with E-state index in [4.69, 9.17) is 9.47 Å². The molecule has 0 aliphatic carbocycles. The van der Waals surface area contributed by atoms with Crippen LogP contribution in [0.3, 0.4) is 0 Å². The number of methoxy groups -OCH3 is 1. The van der Waals surface area contributed by atoms with Gasteiger partial charge in [0.1, 0.15) is 5.75 Å². The van der Waals surface area contributed by atoms with Gasteiger partial charge in [0.15, 0.2) is 0 Å². The summed E-state index contributed by atoms with van der Waals surface area (Å²) in [7, 11) is 1.57. The molecule has 0 atom stereocenters. The number of hydrazone groups is 1. The van der Waals surface area contributed by atoms with E-state index in [1.54, 1.807) is 56.6 Å². The summed E-state index contributed by atoms with van der Waals surface area (Å²) in [6.07, 6.45) is 1.62. The summed E-state index contributed by atoms with van der Waals surface area (Å²) < 4.78 is 12.2. The molecule has 0 bridgehead atoms. The zero-order valence-electron chi connectivity index (χ0n) is 18.0. The van der Waals surface area contributed by atoms with Crippen molar-refractivity contribution >= 4 is 18.1 Å². The predicted octanol–water partition coefficient (Wildman–Crippen LogP) is 4.04. The quantitative estimate of drug-likeness (QED) is 0.356. The van der Waals surface area contributed by atoms with Crippen molar-refractivity contribution < 1.29 is 19.1 Å². The lowest BCUT2D eigenvalue weighted by Gasteiger charge is -2.10. The van der Waals surface area contributed by atoms with Crippen LogP contribution >= 0.6 is 0 Å². The standard InChI is InChI=1S/C24H25N3O4/c1-5-31-24(29)19-6-10-21(11-7-19)27-16(2)14-20(17(27)3)15-25-26-23(28)18-8-12-22(30-4)13-9-18/h6-15H,5H2,1-4H3,(H,26,28)/b25-15-. The van der Waals surface area contributed by atoms with Crippen LogP contribution in [0.25, 0.3) is 5.69 Å². The normalized spacial score (nSPS) is 10.8. The minimum absolute atomic E-state index is 0.303. The topological polar surface area (TPSA) is 81.9 Å². The first-order chi connectivity index (χ1) is 14.9. The molecular formula is C24H25N3O4. The van der Waals surface area contributed by atoms with E-state index < -0.39 is 0 Å². The van der Waals surface area contributed by atoms with Crippen LogP contribution in [0.2, 0.25) is 0 Å². The second kappa shape index (κ2) is 9.75. The second-order valence-electron chi connectivity index (χ2n) is 6.86. The van der Waals surface area contributed by atoms with Crippen LogP contribution in [0.5, 0.6) is 5.75 Å². The molecular weight excluding hydrogens is 394 g/mol. The first-order valence-electron chi connectivity index (χ1n) is 9.88. The number of aryl methyl sites for hydroxylation is 1. The average Bonchev–Trinajstić information content (AvgIpc) is 3.07. The Kier molecular flexibility index (Phi) is 6.87. The number of nitrogens with one attached hydrogen (secondary N) is 1. The Labute approximate surface area is 181 Å². The van der Waals surface area contributed by atoms with Crippen LogP contribution in [0.4, 0.5) is 0 Å². The molecule has 0 spiro atoms. The van der Waals surface area contributed by atoms with Crippen LogP contribution in [0.15, 0.2) is 59.7 Å². The zero-order chi connectivity index (χ0) is 22.4. The first kappa shape index (κ1) is 21.8. The second-order valence-corrected chi connectivity index (χ2v) is 6.86. The number of hydrogen-bond acceptors (Lipinski definition) is 5. The molecule has 7 heteroatoms. The number of carbonyl (C=O) groups is 2. The molecule has 2 aromatic carbocycles. The van der Waals surface area contributed by atoms with Crippen molar-refractivity contribution in [2.45, 2.75) is 20.8 Å². The van der Waals surface area contributed by atoms with E-state index in [0.717, 1.165) is 22.6 Å². The van der Waals surface area contributed by atoms with Gasteiger partial charge in [-0.2, -0.15) is 5.10 Å². The highest BCUT2D eigenvalue weighted by atomic mass is 16.5. The lowest BCUT2D eigenvalue weighted by atomic mass is 10.2. The van der Waals surface area contributed by atoms with Gasteiger partial charge >= 0.3 is 5.97 Å². The fourth-order valence-corrected chi connectivity index (χ4v) is 3.24. The molecule has 7 nitrogen and oxygen atoms in total. The number of nitrogens with zero attached hydrogens (tertiary/aromatic N) is 2. The molecule has 0 radical (unpaired) electrons. The summed E-state index contributed by atoms with van der Waals surface area (Å²) in [6.45, 7) is 6.08. The molecule has 0 saturated heterocycles. The maximum atomic E-state index is 12.2. The Morgan fingerprint density at radius 2 is 1.68 bits per heavy atom. The molecule has 1 N–H and O–H groups in total. The smallest absolute Gasteiger partial charge is 0.338 e. The van der Waals surface area contributed by atoms with E-state index >= 15 is 0 Å². The summed E-state index contributed by atoms with van der Waals surface area (Å²) >= 11 is 0. The zero-order valence-corrected chi connectivity index (χ0v) is 18.0. The minimum Gasteiger partial charge on any atom is -0.497 e. The van der Waals surface area contributed by atoms with Gasteiger partial charge in [0.25, 0.3) is 5.91 Å². The van der Waals surface area contributed by atoms with Crippen molar-refractivity contribution in [3.63, 3.8) is 0 Å². The highest BCUT2D eigenvalue weighted by Gasteiger charge is 2.12. The Balaban J connectivity index is 1.73. The van der Waals surface area contributed by atoms with Crippen molar-refractivity contribution in [1.29, 1.82) is 0 Å². The number of ether oxygens (including phenoxy) is 2. The van der Waals surface area contributed by atoms with E-state index in [-0.39, 0.29) is 11.9 Å². The summed E-state index contributed by atoms with van der Waals surface area (Å²) in [5.74, 6) is 0.0421. The molecule has 31 heavy (non-hydrogen) atoms. The number of aromatic nitrogens is 1. The number of benzene rings is 2. The van der Waals surface area contributed by atoms with Crippen molar-refractivity contribution in [2.24, 2.45) is 5.10 Å². The third-order valence-electron chi connectivity index (χ3n) is 4.83. The Morgan fingerprint density at radius 3 is 2.29 bits per heavy atom. The Morgan fingerprint density at radius 1 is 1.03 bits per heavy atom. The first-order valence-corrected chi connectivity index (χ1v) is 9.88. The fourth-order valence-electron chi connectivity index (χ4n) is 3.24. The van der Waals surface area contributed by atoms with Gasteiger partial charge in [0, 0.05) is 28.2 Å². The monoisotopic (exact) mass is 419 g/mol. The van der Waals surface area contributed by atoms with Gasteiger partial charge in [-0.05, 0) is 75.4 Å². The van der Waals surface area contributed by atoms with Gasteiger partial charge in [-0.1, -0.05) is 0 Å². The van der Waals surface area contributed by atoms with Crippen molar-refractivity contribution in [3.05, 3.63) is 82.7 Å². The van der Waals surface area contributed by atoms with E-state index in [1.165, 1.54) is 0 Å². The van der Waals surface area contributed by atoms with Gasteiger partial charge in [0.2, 0.25) is 0 Å². The number of amides is 1. The molecule has 0 fully saturated rings. The predicted molar refractivity (Wildman–Crippen MR) is 119 cm³/mol. The van der Waals surface area contributed by atoms with E-state index in [9.17, 15) is 9.59 Å². The summed E-state index contributed by atoms with van der Waals surface area (Å²) in [6, 6.07) is 16.0. The van der Waals surface area contributed by atoms with Crippen LogP contribution in [0, 0.1) is 13.8 Å². The number of carbonyl (C=O) groups excluding carboxylic acids is 2. The van der Waals surface area contributed by atoms with Crippen LogP contribution in [-0.2, 0) is 4.74 Å². The molecule has 160 valence electrons. The number of hydrogen-bond donors (Lipinski definition) is 1. The maximum Gasteiger partial charge on any atom is 0.338 e. The summed E-state index contributed by atoms with van der Waals surface area (Å²) in [5, 5.41) is 4.10. The molecule has 0 aliphatic rings. The molecule has 3 rings (SSSR count). The lowest BCUT2D eigenvalue weighted by molar-refractivity contribution is 0.0526. The van der Waals surface area contributed by atoms with Gasteiger partial charge in [-0.25, -0.2) is 10.2 Å². The maximum absolute atomic E-state index is 12.2. The third-order valence-corrected chi connectivity index (χ3v) is 4.83. The molecule has 1 amide bonds. The fraction of sp³-hybridized carbons (Fsp3) is 0.208. The van der Waals surface area contributed by atoms with Gasteiger partial charge < -0.3 is 14.0 Å². The summed E-state index contributed by atoms with van der Waals surface area (Å²) in [4.78, 5) is 24.1. The Hall–Kier alpha value is -3.87. The van der Waals surface area contributed by atoms with Gasteiger partial charge in [0.05, 0.1) is 25.5 Å². The van der Waals surface area contributed by atoms with E-state index in [0.29, 0.717) is 23.5 Å². The number of esters is 1. The van der Waals surface area contributed by atoms with E-state index in [2.05, 4.69) is 15.1 Å². The molecule has 1 aromatic heterocycles. The molecule has 3 aromatic rings. The SMILES string of the molecule is CCOC(=O)c1ccc(-n2c(C)cc(/C=N\NC(=O)c3ccc(OC)cc3)c2C)cc1. The van der Waals surface area contributed by atoms with Crippen molar-refractivity contribution in [1.82, 2.24) is 9.99 Å². The van der Waals surface area contributed by atoms with Gasteiger partial charge in [-0.15, -0.1) is 0 Å². The average molecular weight is 419 g/mol. The summed E-state index contributed by atoms with van der Waals surface area (Å²) in [5.41, 5.74) is 7.31. The van der Waals surface area contributed by atoms with Crippen LogP contribution < -0.4 is 10.2 Å². The highest BCUT2D eigenvalue weighted by Crippen LogP contribution is 2.20. The van der Waals surface area contributed by atoms with Crippen LogP contribution in [0.1, 0.15) is 44.6 Å².